The van der Waals surface area contributed by atoms with E-state index in [0.717, 1.165) is 0 Å². The van der Waals surface area contributed by atoms with E-state index in [4.69, 9.17) is 0 Å². The molecule has 0 saturated heterocycles. The molecular weight excluding hydrogens is 962 g/mol. The summed E-state index contributed by atoms with van der Waals surface area (Å²) >= 11 is 0. The van der Waals surface area contributed by atoms with Gasteiger partial charge in [0, 0.05) is 33.5 Å². The molecule has 374 valence electrons. The molecule has 0 radical (unpaired) electrons. The molecule has 0 saturated carbocycles. The average Bonchev–Trinajstić information content (AvgIpc) is 4.03. The minimum absolute atomic E-state index is 0.00787. The number of para-hydroxylation sites is 1. The van der Waals surface area contributed by atoms with Crippen LogP contribution in [0.1, 0.15) is 52.7 Å². The Balaban J connectivity index is 0.915. The van der Waals surface area contributed by atoms with E-state index >= 15 is 0 Å². The van der Waals surface area contributed by atoms with Gasteiger partial charge in [-0.25, -0.2) is 0 Å². The fourth-order valence-corrected chi connectivity index (χ4v) is 15.6. The highest BCUT2D eigenvalue weighted by Crippen LogP contribution is 2.51. The minimum atomic E-state index is -0.0411. The van der Waals surface area contributed by atoms with Crippen molar-refractivity contribution in [2.24, 2.45) is 0 Å². The van der Waals surface area contributed by atoms with Gasteiger partial charge in [-0.1, -0.05) is 234 Å². The van der Waals surface area contributed by atoms with Gasteiger partial charge in [-0.05, 0) is 167 Å². The number of anilines is 6. The van der Waals surface area contributed by atoms with Crippen LogP contribution in [-0.4, -0.2) is 13.4 Å². The zero-order chi connectivity index (χ0) is 53.2. The summed E-state index contributed by atoms with van der Waals surface area (Å²) in [6.07, 6.45) is 0. The van der Waals surface area contributed by atoms with Crippen molar-refractivity contribution in [1.29, 1.82) is 0 Å². The maximum absolute atomic E-state index is 2.65. The Hall–Kier alpha value is -9.11. The average molecular weight is 1020 g/mol. The van der Waals surface area contributed by atoms with Gasteiger partial charge in [0.2, 0.25) is 13.4 Å². The smallest absolute Gasteiger partial charge is 0.248 e. The van der Waals surface area contributed by atoms with Crippen molar-refractivity contribution >= 4 is 145 Å². The quantitative estimate of drug-likeness (QED) is 0.129. The van der Waals surface area contributed by atoms with Crippen LogP contribution < -0.4 is 42.6 Å². The fourth-order valence-electron chi connectivity index (χ4n) is 15.6. The molecule has 0 atom stereocenters. The van der Waals surface area contributed by atoms with Crippen molar-refractivity contribution in [3.8, 4) is 33.4 Å². The van der Waals surface area contributed by atoms with Crippen LogP contribution in [0.5, 0.6) is 0 Å². The first-order valence-corrected chi connectivity index (χ1v) is 28.7. The van der Waals surface area contributed by atoms with Crippen molar-refractivity contribution in [1.82, 2.24) is 0 Å². The molecule has 4 heteroatoms. The van der Waals surface area contributed by atoms with E-state index in [-0.39, 0.29) is 24.3 Å². The lowest BCUT2D eigenvalue weighted by atomic mass is 9.37. The van der Waals surface area contributed by atoms with E-state index in [1.807, 2.05) is 0 Å². The van der Waals surface area contributed by atoms with Crippen molar-refractivity contribution in [2.75, 3.05) is 9.80 Å². The van der Waals surface area contributed by atoms with Gasteiger partial charge in [-0.15, -0.1) is 0 Å². The number of rotatable bonds is 3. The summed E-state index contributed by atoms with van der Waals surface area (Å²) in [5.41, 5.74) is 26.3. The van der Waals surface area contributed by atoms with Gasteiger partial charge in [-0.2, -0.15) is 0 Å². The minimum Gasteiger partial charge on any atom is -0.311 e. The van der Waals surface area contributed by atoms with Crippen LogP contribution in [0.3, 0.4) is 0 Å². The van der Waals surface area contributed by atoms with E-state index in [9.17, 15) is 0 Å². The third-order valence-electron chi connectivity index (χ3n) is 19.3. The summed E-state index contributed by atoms with van der Waals surface area (Å²) in [4.78, 5) is 5.26. The lowest BCUT2D eigenvalue weighted by Gasteiger charge is -2.38. The number of nitrogens with zero attached hydrogens (tertiary/aromatic N) is 2. The second-order valence-electron chi connectivity index (χ2n) is 25.5. The zero-order valence-corrected chi connectivity index (χ0v) is 45.8. The second kappa shape index (κ2) is 15.4. The molecule has 0 aromatic heterocycles. The summed E-state index contributed by atoms with van der Waals surface area (Å²) in [6, 6.07) is 85.1. The van der Waals surface area contributed by atoms with Crippen LogP contribution in [0.15, 0.2) is 218 Å². The summed E-state index contributed by atoms with van der Waals surface area (Å²) < 4.78 is 0. The lowest BCUT2D eigenvalue weighted by molar-refractivity contribution is 0.590. The highest BCUT2D eigenvalue weighted by Gasteiger charge is 2.46. The Morgan fingerprint density at radius 2 is 0.775 bits per heavy atom. The van der Waals surface area contributed by atoms with Crippen molar-refractivity contribution < 1.29 is 0 Å². The molecule has 0 amide bonds. The van der Waals surface area contributed by atoms with E-state index in [0.29, 0.717) is 0 Å². The third kappa shape index (κ3) is 5.80. The molecular formula is C76H54B2N2. The van der Waals surface area contributed by atoms with Crippen LogP contribution in [0.2, 0.25) is 0 Å². The first-order chi connectivity index (χ1) is 39.0. The number of hydrogen-bond acceptors (Lipinski definition) is 2. The van der Waals surface area contributed by atoms with Crippen LogP contribution in [0.4, 0.5) is 34.1 Å². The first kappa shape index (κ1) is 44.8. The van der Waals surface area contributed by atoms with E-state index in [1.165, 1.54) is 176 Å². The molecule has 80 heavy (non-hydrogen) atoms. The SMILES string of the molecule is CC(C)(C)c1ccc2c(c1)B1c3ccc(-c4ccc5c6c4-c4cc(C(C)(C)C)ccc4B6c4ccccc4N5c4ccc5ccc6cccc7ccc4c5c67)cc3N(c3ccc4ccc5cccc6ccc3c4c56)c3cccc-2c31. The molecule has 0 fully saturated rings. The summed E-state index contributed by atoms with van der Waals surface area (Å²) in [7, 11) is 0. The fraction of sp³-hybridized carbons (Fsp3) is 0.105. The Kier molecular flexibility index (Phi) is 8.61. The van der Waals surface area contributed by atoms with Gasteiger partial charge in [0.1, 0.15) is 0 Å². The van der Waals surface area contributed by atoms with E-state index in [2.05, 4.69) is 270 Å². The maximum Gasteiger partial charge on any atom is 0.248 e. The molecule has 14 aromatic rings. The van der Waals surface area contributed by atoms with Gasteiger partial charge >= 0.3 is 0 Å². The molecule has 0 bridgehead atoms. The van der Waals surface area contributed by atoms with Crippen molar-refractivity contribution in [3.63, 3.8) is 0 Å². The third-order valence-corrected chi connectivity index (χ3v) is 19.3. The molecule has 4 heterocycles. The van der Waals surface area contributed by atoms with E-state index in [1.54, 1.807) is 0 Å². The van der Waals surface area contributed by atoms with Crippen LogP contribution in [0.25, 0.3) is 98.0 Å². The topological polar surface area (TPSA) is 6.48 Å². The second-order valence-corrected chi connectivity index (χ2v) is 25.5. The molecule has 2 nitrogen and oxygen atoms in total. The molecule has 14 aromatic carbocycles. The largest absolute Gasteiger partial charge is 0.311 e. The van der Waals surface area contributed by atoms with Crippen LogP contribution in [0, 0.1) is 0 Å². The molecule has 4 aliphatic rings. The standard InChI is InChI=1S/C76H54B2N2/c1-75(2,3)50-30-36-58-57(41-50)72-52(34-39-66-74(72)77(58)59-17-7-8-18-64(59)79(66)62-37-27-47-22-20-43-12-9-14-45-24-31-55(62)70(47)68(43)45)49-26-35-60-67(40-49)80(63-38-28-48-23-21-44-13-10-15-46-25-32-56(63)71(48)69(44)46)65-19-11-16-54-53-33-29-51(76(4,5)6)42-61(53)78(60)73(54)65/h7-42H,1-6H3. The highest BCUT2D eigenvalue weighted by atomic mass is 15.2. The van der Waals surface area contributed by atoms with Crippen molar-refractivity contribution in [2.45, 2.75) is 52.4 Å². The highest BCUT2D eigenvalue weighted by molar-refractivity contribution is 7.02. The summed E-state index contributed by atoms with van der Waals surface area (Å²) in [5, 5.41) is 15.6. The van der Waals surface area contributed by atoms with Gasteiger partial charge in [-0.3, -0.25) is 0 Å². The van der Waals surface area contributed by atoms with Gasteiger partial charge in [0.05, 0.1) is 11.4 Å². The molecule has 0 unspecified atom stereocenters. The van der Waals surface area contributed by atoms with Gasteiger partial charge in [0.25, 0.3) is 0 Å². The predicted octanol–water partition coefficient (Wildman–Crippen LogP) is 16.3. The molecule has 18 rings (SSSR count). The molecule has 0 N–H and O–H groups in total. The summed E-state index contributed by atoms with van der Waals surface area (Å²) in [6.45, 7) is 14.3. The first-order valence-electron chi connectivity index (χ1n) is 28.7. The Morgan fingerprint density at radius 1 is 0.287 bits per heavy atom. The molecule has 0 spiro atoms. The van der Waals surface area contributed by atoms with Gasteiger partial charge < -0.3 is 9.80 Å². The zero-order valence-electron chi connectivity index (χ0n) is 45.8. The number of hydrogen-bond donors (Lipinski definition) is 0. The summed E-state index contributed by atoms with van der Waals surface area (Å²) in [5.74, 6) is 0. The van der Waals surface area contributed by atoms with Crippen LogP contribution in [-0.2, 0) is 10.8 Å². The predicted molar refractivity (Wildman–Crippen MR) is 346 cm³/mol. The molecule has 0 aliphatic carbocycles. The Labute approximate surface area is 467 Å². The molecule has 4 aliphatic heterocycles. The van der Waals surface area contributed by atoms with Crippen LogP contribution >= 0.6 is 0 Å². The lowest BCUT2D eigenvalue weighted by Crippen LogP contribution is -2.55. The van der Waals surface area contributed by atoms with E-state index < -0.39 is 0 Å². The van der Waals surface area contributed by atoms with Gasteiger partial charge in [0.15, 0.2) is 0 Å². The Morgan fingerprint density at radius 3 is 1.44 bits per heavy atom. The number of fused-ring (bicyclic) bond motifs is 10. The Bertz CT molecular complexity index is 5040. The maximum atomic E-state index is 2.65. The monoisotopic (exact) mass is 1020 g/mol. The van der Waals surface area contributed by atoms with Crippen molar-refractivity contribution in [3.05, 3.63) is 230 Å². The normalized spacial score (nSPS) is 14.0. The number of benzene rings is 14.